The molecule has 0 amide bonds. The van der Waals surface area contributed by atoms with E-state index in [9.17, 15) is 0 Å². The summed E-state index contributed by atoms with van der Waals surface area (Å²) in [4.78, 5) is 0. The SMILES string of the molecule is c1ccc(P([As](c2ccccc2)c2ccccc2)[As](c2ccccc2)c2ccccc2)cc1. The first-order valence-electron chi connectivity index (χ1n) is 11.1. The van der Waals surface area contributed by atoms with E-state index in [0.717, 1.165) is 0 Å². The third-order valence-electron chi connectivity index (χ3n) is 5.37. The topological polar surface area (TPSA) is 0 Å². The normalized spacial score (nSPS) is 11.2. The Morgan fingerprint density at radius 3 is 0.818 bits per heavy atom. The van der Waals surface area contributed by atoms with Crippen molar-refractivity contribution in [1.29, 1.82) is 0 Å². The van der Waals surface area contributed by atoms with Crippen molar-refractivity contribution in [2.75, 3.05) is 0 Å². The van der Waals surface area contributed by atoms with Crippen LogP contribution in [0.25, 0.3) is 0 Å². The quantitative estimate of drug-likeness (QED) is 0.203. The second-order valence-electron chi connectivity index (χ2n) is 7.59. The van der Waals surface area contributed by atoms with Gasteiger partial charge in [-0.1, -0.05) is 0 Å². The van der Waals surface area contributed by atoms with Gasteiger partial charge in [0.15, 0.2) is 0 Å². The van der Waals surface area contributed by atoms with Crippen molar-refractivity contribution >= 4 is 56.1 Å². The molecule has 5 aromatic rings. The molecule has 0 saturated heterocycles. The Morgan fingerprint density at radius 1 is 0.303 bits per heavy atom. The average molecular weight is 566 g/mol. The maximum absolute atomic E-state index is 2.40. The maximum atomic E-state index is 2.40. The van der Waals surface area contributed by atoms with E-state index in [-0.39, 0.29) is 0 Å². The van der Waals surface area contributed by atoms with Gasteiger partial charge in [-0.25, -0.2) is 0 Å². The Hall–Kier alpha value is -2.35. The van der Waals surface area contributed by atoms with Gasteiger partial charge in [0.2, 0.25) is 0 Å². The van der Waals surface area contributed by atoms with Crippen molar-refractivity contribution in [2.45, 2.75) is 0 Å². The van der Waals surface area contributed by atoms with Crippen molar-refractivity contribution in [3.05, 3.63) is 152 Å². The summed E-state index contributed by atoms with van der Waals surface area (Å²) < 4.78 is 6.21. The van der Waals surface area contributed by atoms with Crippen molar-refractivity contribution in [2.24, 2.45) is 0 Å². The summed E-state index contributed by atoms with van der Waals surface area (Å²) >= 11 is -3.31. The summed E-state index contributed by atoms with van der Waals surface area (Å²) in [6.07, 6.45) is 0. The molecule has 33 heavy (non-hydrogen) atoms. The van der Waals surface area contributed by atoms with E-state index in [1.807, 2.05) is 0 Å². The van der Waals surface area contributed by atoms with Gasteiger partial charge in [-0.05, 0) is 0 Å². The van der Waals surface area contributed by atoms with Gasteiger partial charge in [0.25, 0.3) is 0 Å². The fourth-order valence-corrected chi connectivity index (χ4v) is 44.3. The summed E-state index contributed by atoms with van der Waals surface area (Å²) in [7, 11) is 0. The molecule has 0 spiro atoms. The van der Waals surface area contributed by atoms with Gasteiger partial charge in [-0.2, -0.15) is 0 Å². The molecule has 0 heterocycles. The summed E-state index contributed by atoms with van der Waals surface area (Å²) in [5.74, 6) is 0. The van der Waals surface area contributed by atoms with Gasteiger partial charge < -0.3 is 0 Å². The van der Waals surface area contributed by atoms with Crippen LogP contribution in [0, 0.1) is 0 Å². The zero-order valence-electron chi connectivity index (χ0n) is 18.3. The fraction of sp³-hybridized carbons (Fsp3) is 0. The van der Waals surface area contributed by atoms with Gasteiger partial charge in [0, 0.05) is 0 Å². The van der Waals surface area contributed by atoms with Crippen LogP contribution >= 0.6 is 5.04 Å². The first kappa shape index (κ1) is 22.4. The monoisotopic (exact) mass is 566 g/mol. The van der Waals surface area contributed by atoms with E-state index in [1.165, 1.54) is 0 Å². The molecule has 0 unspecified atom stereocenters. The van der Waals surface area contributed by atoms with Gasteiger partial charge >= 0.3 is 208 Å². The molecule has 3 heteroatoms. The molecule has 5 rings (SSSR count). The Morgan fingerprint density at radius 2 is 0.545 bits per heavy atom. The molecule has 0 aliphatic carbocycles. The van der Waals surface area contributed by atoms with Gasteiger partial charge in [0.1, 0.15) is 0 Å². The van der Waals surface area contributed by atoms with Crippen molar-refractivity contribution in [3.63, 3.8) is 0 Å². The second kappa shape index (κ2) is 11.2. The summed E-state index contributed by atoms with van der Waals surface area (Å²) in [5.41, 5.74) is 0. The Bertz CT molecular complexity index is 1090. The first-order valence-corrected chi connectivity index (χ1v) is 21.1. The van der Waals surface area contributed by atoms with Crippen LogP contribution in [-0.4, -0.2) is 28.4 Å². The molecule has 0 saturated carbocycles. The Balaban J connectivity index is 1.79. The van der Waals surface area contributed by atoms with Crippen LogP contribution in [0.4, 0.5) is 0 Å². The number of rotatable bonds is 7. The van der Waals surface area contributed by atoms with Crippen LogP contribution < -0.4 is 22.7 Å². The summed E-state index contributed by atoms with van der Waals surface area (Å²) in [5, 5.41) is 1.15. The first-order chi connectivity index (χ1) is 16.4. The van der Waals surface area contributed by atoms with Gasteiger partial charge in [0.05, 0.1) is 0 Å². The Labute approximate surface area is 206 Å². The molecule has 0 fully saturated rings. The predicted octanol–water partition coefficient (Wildman–Crippen LogP) is 4.41. The van der Waals surface area contributed by atoms with E-state index in [2.05, 4.69) is 152 Å². The molecule has 0 aliphatic rings. The second-order valence-corrected chi connectivity index (χ2v) is 29.3. The number of benzene rings is 5. The molecule has 5 aromatic carbocycles. The van der Waals surface area contributed by atoms with Crippen LogP contribution in [0.1, 0.15) is 0 Å². The molecule has 160 valence electrons. The minimum atomic E-state index is -1.65. The van der Waals surface area contributed by atoms with Crippen LogP contribution in [-0.2, 0) is 0 Å². The van der Waals surface area contributed by atoms with Gasteiger partial charge in [-0.3, -0.25) is 0 Å². The zero-order valence-corrected chi connectivity index (χ0v) is 22.9. The summed E-state index contributed by atoms with van der Waals surface area (Å²) in [6.45, 7) is 0. The predicted molar refractivity (Wildman–Crippen MR) is 149 cm³/mol. The van der Waals surface area contributed by atoms with Crippen LogP contribution in [0.15, 0.2) is 152 Å². The van der Waals surface area contributed by atoms with Crippen LogP contribution in [0.3, 0.4) is 0 Å². The third-order valence-corrected chi connectivity index (χ3v) is 37.7. The van der Waals surface area contributed by atoms with Crippen LogP contribution in [0.5, 0.6) is 0 Å². The number of hydrogen-bond acceptors (Lipinski definition) is 0. The van der Waals surface area contributed by atoms with Gasteiger partial charge in [-0.15, -0.1) is 0 Å². The molecular formula is C30H25As2P. The molecule has 0 aliphatic heterocycles. The standard InChI is InChI=1S/C30H25As2P/c1-6-16-26(17-7-1)31(27-18-8-2-9-19-27)33(30-24-14-5-15-25-30)32(28-20-10-3-11-21-28)29-22-12-4-13-23-29/h1-25H. The molecule has 0 bridgehead atoms. The molecule has 0 atom stereocenters. The average Bonchev–Trinajstić information content (AvgIpc) is 2.91. The third kappa shape index (κ3) is 5.26. The fourth-order valence-electron chi connectivity index (χ4n) is 3.89. The van der Waals surface area contributed by atoms with Crippen molar-refractivity contribution < 1.29 is 0 Å². The van der Waals surface area contributed by atoms with E-state index in [1.54, 1.807) is 22.7 Å². The Kier molecular flexibility index (Phi) is 7.60. The number of hydrogen-bond donors (Lipinski definition) is 0. The molecule has 0 nitrogen and oxygen atoms in total. The van der Waals surface area contributed by atoms with E-state index >= 15 is 0 Å². The van der Waals surface area contributed by atoms with E-state index < -0.39 is 33.4 Å². The minimum absolute atomic E-state index is 0.396. The summed E-state index contributed by atoms with van der Waals surface area (Å²) in [6, 6.07) is 56.9. The van der Waals surface area contributed by atoms with Crippen LogP contribution in [0.2, 0.25) is 0 Å². The van der Waals surface area contributed by atoms with E-state index in [4.69, 9.17) is 0 Å². The van der Waals surface area contributed by atoms with Crippen molar-refractivity contribution in [1.82, 2.24) is 0 Å². The molecule has 0 N–H and O–H groups in total. The van der Waals surface area contributed by atoms with E-state index in [0.29, 0.717) is 0 Å². The molecular weight excluding hydrogens is 541 g/mol. The molecule has 0 aromatic heterocycles. The van der Waals surface area contributed by atoms with Crippen molar-refractivity contribution in [3.8, 4) is 0 Å². The zero-order chi connectivity index (χ0) is 22.3. The molecule has 0 radical (unpaired) electrons.